The normalized spacial score (nSPS) is 14.5. The van der Waals surface area contributed by atoms with Crippen molar-refractivity contribution in [3.05, 3.63) is 75.1 Å². The van der Waals surface area contributed by atoms with Crippen molar-refractivity contribution >= 4 is 23.2 Å². The maximum atomic E-state index is 12.6. The Balaban J connectivity index is 1.31. The molecular formula is C21H20ClN5O4. The van der Waals surface area contributed by atoms with Crippen LogP contribution in [0, 0.1) is 10.1 Å². The van der Waals surface area contributed by atoms with E-state index in [0.29, 0.717) is 55.0 Å². The van der Waals surface area contributed by atoms with Gasteiger partial charge in [-0.05, 0) is 24.3 Å². The van der Waals surface area contributed by atoms with Crippen LogP contribution in [0.15, 0.2) is 53.1 Å². The van der Waals surface area contributed by atoms with Crippen LogP contribution in [-0.4, -0.2) is 56.9 Å². The first kappa shape index (κ1) is 21.0. The molecule has 0 unspecified atom stereocenters. The number of halogens is 1. The van der Waals surface area contributed by atoms with Crippen LogP contribution in [0.1, 0.15) is 11.5 Å². The van der Waals surface area contributed by atoms with E-state index in [0.717, 1.165) is 5.56 Å². The highest BCUT2D eigenvalue weighted by molar-refractivity contribution is 6.30. The molecule has 1 fully saturated rings. The van der Waals surface area contributed by atoms with Gasteiger partial charge in [0, 0.05) is 48.4 Å². The Bertz CT molecular complexity index is 1080. The predicted octanol–water partition coefficient (Wildman–Crippen LogP) is 3.19. The van der Waals surface area contributed by atoms with Crippen LogP contribution in [0.3, 0.4) is 0 Å². The third kappa shape index (κ3) is 5.07. The zero-order valence-corrected chi connectivity index (χ0v) is 17.4. The average Bonchev–Trinajstić information content (AvgIpc) is 3.23. The number of aromatic nitrogens is 2. The second-order valence-corrected chi connectivity index (χ2v) is 7.67. The lowest BCUT2D eigenvalue weighted by atomic mass is 10.1. The number of nitro groups is 1. The molecule has 9 nitrogen and oxygen atoms in total. The van der Waals surface area contributed by atoms with Crippen molar-refractivity contribution in [3.8, 4) is 11.4 Å². The highest BCUT2D eigenvalue weighted by atomic mass is 35.5. The lowest BCUT2D eigenvalue weighted by Gasteiger charge is -2.34. The molecule has 3 aromatic rings. The quantitative estimate of drug-likeness (QED) is 0.427. The molecule has 10 heteroatoms. The number of benzene rings is 2. The van der Waals surface area contributed by atoms with Crippen LogP contribution in [0.25, 0.3) is 11.4 Å². The molecule has 0 spiro atoms. The van der Waals surface area contributed by atoms with Gasteiger partial charge in [0.1, 0.15) is 0 Å². The summed E-state index contributed by atoms with van der Waals surface area (Å²) in [6.45, 7) is 2.88. The van der Waals surface area contributed by atoms with E-state index in [1.807, 2.05) is 12.1 Å². The molecule has 1 aliphatic rings. The number of carbonyl (C=O) groups is 1. The van der Waals surface area contributed by atoms with Crippen LogP contribution < -0.4 is 0 Å². The lowest BCUT2D eigenvalue weighted by Crippen LogP contribution is -2.48. The van der Waals surface area contributed by atoms with E-state index >= 15 is 0 Å². The molecule has 0 bridgehead atoms. The SMILES string of the molecule is O=C(Cc1ccccc1[N+](=O)[O-])N1CCN(Cc2nc(-c3ccc(Cl)cc3)no2)CC1. The van der Waals surface area contributed by atoms with Gasteiger partial charge in [-0.15, -0.1) is 0 Å². The van der Waals surface area contributed by atoms with E-state index in [2.05, 4.69) is 15.0 Å². The van der Waals surface area contributed by atoms with E-state index in [1.54, 1.807) is 35.2 Å². The van der Waals surface area contributed by atoms with Crippen molar-refractivity contribution in [2.75, 3.05) is 26.2 Å². The summed E-state index contributed by atoms with van der Waals surface area (Å²) in [6, 6.07) is 13.6. The van der Waals surface area contributed by atoms with Gasteiger partial charge < -0.3 is 9.42 Å². The number of hydrogen-bond donors (Lipinski definition) is 0. The molecule has 2 aromatic carbocycles. The van der Waals surface area contributed by atoms with Gasteiger partial charge in [-0.3, -0.25) is 19.8 Å². The van der Waals surface area contributed by atoms with E-state index in [9.17, 15) is 14.9 Å². The summed E-state index contributed by atoms with van der Waals surface area (Å²) in [5.41, 5.74) is 1.23. The van der Waals surface area contributed by atoms with Crippen molar-refractivity contribution in [1.82, 2.24) is 19.9 Å². The number of nitrogens with zero attached hydrogens (tertiary/aromatic N) is 5. The summed E-state index contributed by atoms with van der Waals surface area (Å²) >= 11 is 5.91. The Labute approximate surface area is 183 Å². The van der Waals surface area contributed by atoms with Crippen LogP contribution in [0.4, 0.5) is 5.69 Å². The number of nitro benzene ring substituents is 1. The fourth-order valence-corrected chi connectivity index (χ4v) is 3.62. The first-order valence-electron chi connectivity index (χ1n) is 9.80. The minimum atomic E-state index is -0.455. The maximum Gasteiger partial charge on any atom is 0.273 e. The Morgan fingerprint density at radius 2 is 1.81 bits per heavy atom. The van der Waals surface area contributed by atoms with Gasteiger partial charge in [0.25, 0.3) is 5.69 Å². The van der Waals surface area contributed by atoms with Gasteiger partial charge in [-0.1, -0.05) is 35.0 Å². The monoisotopic (exact) mass is 441 g/mol. The lowest BCUT2D eigenvalue weighted by molar-refractivity contribution is -0.385. The standard InChI is InChI=1S/C21H20ClN5O4/c22-17-7-5-15(6-8-17)21-23-19(31-24-21)14-25-9-11-26(12-10-25)20(28)13-16-3-1-2-4-18(16)27(29)30/h1-8H,9-14H2. The molecule has 0 saturated carbocycles. The Hall–Kier alpha value is -3.30. The molecule has 1 saturated heterocycles. The average molecular weight is 442 g/mol. The van der Waals surface area contributed by atoms with Crippen LogP contribution in [-0.2, 0) is 17.8 Å². The minimum absolute atomic E-state index is 0.0191. The van der Waals surface area contributed by atoms with Gasteiger partial charge >= 0.3 is 0 Å². The Morgan fingerprint density at radius 1 is 1.10 bits per heavy atom. The van der Waals surface area contributed by atoms with Crippen LogP contribution in [0.5, 0.6) is 0 Å². The molecule has 1 aliphatic heterocycles. The van der Waals surface area contributed by atoms with Crippen LogP contribution in [0.2, 0.25) is 5.02 Å². The zero-order chi connectivity index (χ0) is 21.8. The molecule has 1 amide bonds. The smallest absolute Gasteiger partial charge is 0.273 e. The second kappa shape index (κ2) is 9.23. The van der Waals surface area contributed by atoms with E-state index < -0.39 is 4.92 Å². The van der Waals surface area contributed by atoms with E-state index in [4.69, 9.17) is 16.1 Å². The molecule has 31 heavy (non-hydrogen) atoms. The first-order chi connectivity index (χ1) is 15.0. The molecule has 0 radical (unpaired) electrons. The van der Waals surface area contributed by atoms with Crippen molar-refractivity contribution in [3.63, 3.8) is 0 Å². The molecule has 160 valence electrons. The highest BCUT2D eigenvalue weighted by Crippen LogP contribution is 2.21. The number of piperazine rings is 1. The van der Waals surface area contributed by atoms with Crippen LogP contribution >= 0.6 is 11.6 Å². The Kier molecular flexibility index (Phi) is 6.24. The molecule has 0 N–H and O–H groups in total. The molecular weight excluding hydrogens is 422 g/mol. The fourth-order valence-electron chi connectivity index (χ4n) is 3.50. The summed E-state index contributed by atoms with van der Waals surface area (Å²) in [7, 11) is 0. The molecule has 2 heterocycles. The van der Waals surface area contributed by atoms with Crippen molar-refractivity contribution in [2.24, 2.45) is 0 Å². The van der Waals surface area contributed by atoms with Gasteiger partial charge in [0.2, 0.25) is 17.6 Å². The van der Waals surface area contributed by atoms with E-state index in [-0.39, 0.29) is 18.0 Å². The van der Waals surface area contributed by atoms with Gasteiger partial charge in [0.15, 0.2) is 0 Å². The van der Waals surface area contributed by atoms with Gasteiger partial charge in [-0.25, -0.2) is 0 Å². The van der Waals surface area contributed by atoms with Gasteiger partial charge in [0.05, 0.1) is 17.9 Å². The summed E-state index contributed by atoms with van der Waals surface area (Å²) in [5.74, 6) is 0.895. The third-order valence-corrected chi connectivity index (χ3v) is 5.44. The van der Waals surface area contributed by atoms with Gasteiger partial charge in [-0.2, -0.15) is 4.98 Å². The summed E-state index contributed by atoms with van der Waals surface area (Å²) in [5, 5.41) is 15.8. The predicted molar refractivity (Wildman–Crippen MR) is 113 cm³/mol. The topological polar surface area (TPSA) is 106 Å². The Morgan fingerprint density at radius 3 is 2.52 bits per heavy atom. The van der Waals surface area contributed by atoms with Crippen molar-refractivity contribution in [2.45, 2.75) is 13.0 Å². The number of rotatable bonds is 6. The van der Waals surface area contributed by atoms with Crippen molar-refractivity contribution in [1.29, 1.82) is 0 Å². The molecule has 4 rings (SSSR count). The number of hydrogen-bond acceptors (Lipinski definition) is 7. The molecule has 0 aliphatic carbocycles. The molecule has 0 atom stereocenters. The third-order valence-electron chi connectivity index (χ3n) is 5.18. The summed E-state index contributed by atoms with van der Waals surface area (Å²) < 4.78 is 5.36. The fraction of sp³-hybridized carbons (Fsp3) is 0.286. The first-order valence-corrected chi connectivity index (χ1v) is 10.2. The van der Waals surface area contributed by atoms with Crippen molar-refractivity contribution < 1.29 is 14.2 Å². The number of amides is 1. The minimum Gasteiger partial charge on any atom is -0.340 e. The number of carbonyl (C=O) groups excluding carboxylic acids is 1. The second-order valence-electron chi connectivity index (χ2n) is 7.24. The summed E-state index contributed by atoms with van der Waals surface area (Å²) in [6.07, 6.45) is 0.0191. The van der Waals surface area contributed by atoms with E-state index in [1.165, 1.54) is 6.07 Å². The summed E-state index contributed by atoms with van der Waals surface area (Å²) in [4.78, 5) is 31.6. The number of para-hydroxylation sites is 1. The largest absolute Gasteiger partial charge is 0.340 e. The molecule has 1 aromatic heterocycles. The maximum absolute atomic E-state index is 12.6. The zero-order valence-electron chi connectivity index (χ0n) is 16.6. The highest BCUT2D eigenvalue weighted by Gasteiger charge is 2.24.